The van der Waals surface area contributed by atoms with E-state index in [0.29, 0.717) is 11.3 Å². The summed E-state index contributed by atoms with van der Waals surface area (Å²) in [6.07, 6.45) is 3.37. The van der Waals surface area contributed by atoms with Crippen LogP contribution in [-0.2, 0) is 17.6 Å². The molecule has 0 atom stereocenters. The van der Waals surface area contributed by atoms with Crippen LogP contribution in [0.5, 0.6) is 5.75 Å². The lowest BCUT2D eigenvalue weighted by Crippen LogP contribution is -2.13. The maximum atomic E-state index is 12.3. The quantitative estimate of drug-likeness (QED) is 0.747. The molecular weight excluding hydrogens is 340 g/mol. The molecule has 4 nitrogen and oxygen atoms in total. The molecule has 1 aliphatic rings. The van der Waals surface area contributed by atoms with Crippen molar-refractivity contribution < 1.29 is 23.1 Å². The summed E-state index contributed by atoms with van der Waals surface area (Å²) in [5, 5.41) is 2.64. The average molecular weight is 359 g/mol. The van der Waals surface area contributed by atoms with Crippen molar-refractivity contribution in [1.82, 2.24) is 0 Å². The second-order valence-corrected chi connectivity index (χ2v) is 6.21. The Bertz CT molecular complexity index is 803. The number of alkyl halides is 2. The third-order valence-electron chi connectivity index (χ3n) is 4.36. The first-order chi connectivity index (χ1) is 12.5. The van der Waals surface area contributed by atoms with E-state index in [-0.39, 0.29) is 30.3 Å². The minimum Gasteiger partial charge on any atom is -0.435 e. The molecule has 2 aromatic rings. The molecule has 136 valence electrons. The number of carbonyl (C=O) groups is 2. The Hall–Kier alpha value is -2.76. The Morgan fingerprint density at radius 3 is 2.46 bits per heavy atom. The van der Waals surface area contributed by atoms with Crippen molar-refractivity contribution in [3.63, 3.8) is 0 Å². The summed E-state index contributed by atoms with van der Waals surface area (Å²) in [5.41, 5.74) is 3.64. The van der Waals surface area contributed by atoms with Gasteiger partial charge in [0.15, 0.2) is 5.78 Å². The number of halogens is 2. The number of anilines is 1. The van der Waals surface area contributed by atoms with Gasteiger partial charge in [0.2, 0.25) is 5.91 Å². The van der Waals surface area contributed by atoms with Crippen molar-refractivity contribution in [3.05, 3.63) is 59.2 Å². The standard InChI is InChI=1S/C20H19F2NO3/c21-20(22)26-17-8-6-16(7-9-17)23-19(25)11-10-18(24)15-5-4-13-2-1-3-14(13)12-15/h4-9,12,20H,1-3,10-11H2,(H,23,25). The van der Waals surface area contributed by atoms with Crippen molar-refractivity contribution in [2.75, 3.05) is 5.32 Å². The number of benzene rings is 2. The highest BCUT2D eigenvalue weighted by atomic mass is 19.3. The van der Waals surface area contributed by atoms with Gasteiger partial charge in [0.25, 0.3) is 0 Å². The summed E-state index contributed by atoms with van der Waals surface area (Å²) in [6, 6.07) is 11.4. The van der Waals surface area contributed by atoms with Gasteiger partial charge in [0.1, 0.15) is 5.75 Å². The molecule has 1 N–H and O–H groups in total. The van der Waals surface area contributed by atoms with Gasteiger partial charge < -0.3 is 10.1 Å². The molecule has 0 heterocycles. The maximum Gasteiger partial charge on any atom is 0.387 e. The summed E-state index contributed by atoms with van der Waals surface area (Å²) < 4.78 is 28.4. The van der Waals surface area contributed by atoms with Gasteiger partial charge in [0, 0.05) is 24.1 Å². The number of carbonyl (C=O) groups excluding carboxylic acids is 2. The van der Waals surface area contributed by atoms with E-state index in [0.717, 1.165) is 19.3 Å². The SMILES string of the molecule is O=C(CCC(=O)c1ccc2c(c1)CCC2)Nc1ccc(OC(F)F)cc1. The fourth-order valence-corrected chi connectivity index (χ4v) is 3.06. The van der Waals surface area contributed by atoms with Crippen LogP contribution in [0.3, 0.4) is 0 Å². The molecule has 0 spiro atoms. The van der Waals surface area contributed by atoms with Crippen LogP contribution < -0.4 is 10.1 Å². The van der Waals surface area contributed by atoms with Gasteiger partial charge >= 0.3 is 6.61 Å². The molecule has 3 rings (SSSR count). The minimum absolute atomic E-state index is 0.0183. The topological polar surface area (TPSA) is 55.4 Å². The van der Waals surface area contributed by atoms with E-state index in [1.807, 2.05) is 18.2 Å². The number of ketones is 1. The van der Waals surface area contributed by atoms with Gasteiger partial charge in [-0.05, 0) is 60.7 Å². The molecule has 0 fully saturated rings. The highest BCUT2D eigenvalue weighted by Gasteiger charge is 2.15. The lowest BCUT2D eigenvalue weighted by Gasteiger charge is -2.08. The van der Waals surface area contributed by atoms with Crippen LogP contribution in [0.2, 0.25) is 0 Å². The first-order valence-corrected chi connectivity index (χ1v) is 8.51. The molecule has 1 amide bonds. The third kappa shape index (κ3) is 4.65. The first-order valence-electron chi connectivity index (χ1n) is 8.51. The number of Topliss-reactive ketones (excluding diaryl/α,β-unsaturated/α-hetero) is 1. The zero-order valence-corrected chi connectivity index (χ0v) is 14.1. The van der Waals surface area contributed by atoms with Gasteiger partial charge in [-0.2, -0.15) is 8.78 Å². The van der Waals surface area contributed by atoms with Gasteiger partial charge in [-0.1, -0.05) is 12.1 Å². The predicted molar refractivity (Wildman–Crippen MR) is 93.7 cm³/mol. The van der Waals surface area contributed by atoms with Crippen molar-refractivity contribution in [1.29, 1.82) is 0 Å². The number of fused-ring (bicyclic) bond motifs is 1. The molecule has 0 saturated carbocycles. The molecule has 0 unspecified atom stereocenters. The fraction of sp³-hybridized carbons (Fsp3) is 0.300. The molecule has 1 aliphatic carbocycles. The predicted octanol–water partition coefficient (Wildman–Crippen LogP) is 4.38. The monoisotopic (exact) mass is 359 g/mol. The normalized spacial score (nSPS) is 12.7. The van der Waals surface area contributed by atoms with E-state index in [9.17, 15) is 18.4 Å². The van der Waals surface area contributed by atoms with E-state index in [1.165, 1.54) is 35.4 Å². The summed E-state index contributed by atoms with van der Waals surface area (Å²) >= 11 is 0. The number of rotatable bonds is 7. The number of ether oxygens (including phenoxy) is 1. The first kappa shape index (κ1) is 18.0. The number of hydrogen-bond acceptors (Lipinski definition) is 3. The largest absolute Gasteiger partial charge is 0.435 e. The van der Waals surface area contributed by atoms with E-state index in [1.54, 1.807) is 0 Å². The number of hydrogen-bond donors (Lipinski definition) is 1. The number of aryl methyl sites for hydroxylation is 2. The van der Waals surface area contributed by atoms with Crippen molar-refractivity contribution in [2.24, 2.45) is 0 Å². The fourth-order valence-electron chi connectivity index (χ4n) is 3.06. The molecule has 6 heteroatoms. The Morgan fingerprint density at radius 1 is 1.00 bits per heavy atom. The molecule has 2 aromatic carbocycles. The Morgan fingerprint density at radius 2 is 1.73 bits per heavy atom. The van der Waals surface area contributed by atoms with E-state index in [4.69, 9.17) is 0 Å². The molecule has 0 aliphatic heterocycles. The summed E-state index contributed by atoms with van der Waals surface area (Å²) in [4.78, 5) is 24.3. The third-order valence-corrected chi connectivity index (χ3v) is 4.36. The van der Waals surface area contributed by atoms with Crippen molar-refractivity contribution >= 4 is 17.4 Å². The van der Waals surface area contributed by atoms with Crippen molar-refractivity contribution in [2.45, 2.75) is 38.7 Å². The van der Waals surface area contributed by atoms with Crippen LogP contribution in [0.25, 0.3) is 0 Å². The molecule has 0 saturated heterocycles. The summed E-state index contributed by atoms with van der Waals surface area (Å²) in [6.45, 7) is -2.89. The van der Waals surface area contributed by atoms with E-state index in [2.05, 4.69) is 10.1 Å². The maximum absolute atomic E-state index is 12.3. The second kappa shape index (κ2) is 8.08. The summed E-state index contributed by atoms with van der Waals surface area (Å²) in [7, 11) is 0. The average Bonchev–Trinajstić information content (AvgIpc) is 3.08. The molecule has 0 radical (unpaired) electrons. The highest BCUT2D eigenvalue weighted by Crippen LogP contribution is 2.23. The Balaban J connectivity index is 1.50. The van der Waals surface area contributed by atoms with Gasteiger partial charge in [-0.3, -0.25) is 9.59 Å². The zero-order chi connectivity index (χ0) is 18.5. The van der Waals surface area contributed by atoms with Crippen LogP contribution in [0.1, 0.15) is 40.7 Å². The molecule has 26 heavy (non-hydrogen) atoms. The lowest BCUT2D eigenvalue weighted by atomic mass is 10.0. The Labute approximate surface area is 150 Å². The van der Waals surface area contributed by atoms with Gasteiger partial charge in [0.05, 0.1) is 0 Å². The van der Waals surface area contributed by atoms with Crippen LogP contribution >= 0.6 is 0 Å². The zero-order valence-electron chi connectivity index (χ0n) is 14.1. The second-order valence-electron chi connectivity index (χ2n) is 6.21. The van der Waals surface area contributed by atoms with Crippen LogP contribution in [0.15, 0.2) is 42.5 Å². The molecular formula is C20H19F2NO3. The summed E-state index contributed by atoms with van der Waals surface area (Å²) in [5.74, 6) is -0.345. The lowest BCUT2D eigenvalue weighted by molar-refractivity contribution is -0.116. The Kier molecular flexibility index (Phi) is 5.61. The number of nitrogens with one attached hydrogen (secondary N) is 1. The van der Waals surface area contributed by atoms with Gasteiger partial charge in [-0.25, -0.2) is 0 Å². The van der Waals surface area contributed by atoms with E-state index < -0.39 is 6.61 Å². The van der Waals surface area contributed by atoms with Crippen molar-refractivity contribution in [3.8, 4) is 5.75 Å². The highest BCUT2D eigenvalue weighted by molar-refractivity contribution is 6.00. The van der Waals surface area contributed by atoms with Gasteiger partial charge in [-0.15, -0.1) is 0 Å². The van der Waals surface area contributed by atoms with E-state index >= 15 is 0 Å². The van der Waals surface area contributed by atoms with Crippen LogP contribution in [-0.4, -0.2) is 18.3 Å². The molecule has 0 aromatic heterocycles. The van der Waals surface area contributed by atoms with Crippen LogP contribution in [0, 0.1) is 0 Å². The molecule has 0 bridgehead atoms. The van der Waals surface area contributed by atoms with Crippen LogP contribution in [0.4, 0.5) is 14.5 Å². The number of amides is 1. The smallest absolute Gasteiger partial charge is 0.387 e. The minimum atomic E-state index is -2.89.